The molecule has 4 aliphatic rings. The highest BCUT2D eigenvalue weighted by atomic mass is 16.2. The summed E-state index contributed by atoms with van der Waals surface area (Å²) in [5.74, 6) is 2.73. The van der Waals surface area contributed by atoms with Crippen LogP contribution in [0.3, 0.4) is 0 Å². The van der Waals surface area contributed by atoms with E-state index in [1.54, 1.807) is 4.90 Å². The molecule has 130 valence electrons. The molecule has 0 aromatic rings. The molecule has 0 aromatic heterocycles. The molecule has 2 amide bonds. The van der Waals surface area contributed by atoms with Crippen LogP contribution in [0.4, 0.5) is 0 Å². The summed E-state index contributed by atoms with van der Waals surface area (Å²) in [5, 5.41) is 2.88. The predicted molar refractivity (Wildman–Crippen MR) is 90.8 cm³/mol. The molecule has 4 heteroatoms. The Morgan fingerprint density at radius 2 is 1.65 bits per heavy atom. The molecular weight excluding hydrogens is 288 g/mol. The molecule has 0 aromatic carbocycles. The van der Waals surface area contributed by atoms with Gasteiger partial charge in [0.2, 0.25) is 11.8 Å². The topological polar surface area (TPSA) is 49.4 Å². The number of nitrogens with zero attached hydrogens (tertiary/aromatic N) is 1. The summed E-state index contributed by atoms with van der Waals surface area (Å²) in [4.78, 5) is 26.1. The second-order valence-electron chi connectivity index (χ2n) is 8.54. The minimum atomic E-state index is 0.0253. The van der Waals surface area contributed by atoms with Crippen LogP contribution in [-0.2, 0) is 9.59 Å². The van der Waals surface area contributed by atoms with Crippen LogP contribution in [-0.4, -0.2) is 36.9 Å². The minimum Gasteiger partial charge on any atom is -0.347 e. The van der Waals surface area contributed by atoms with Gasteiger partial charge in [0.25, 0.3) is 0 Å². The Morgan fingerprint density at radius 3 is 2.17 bits per heavy atom. The van der Waals surface area contributed by atoms with Crippen molar-refractivity contribution in [2.24, 2.45) is 23.2 Å². The number of carbonyl (C=O) groups excluding carboxylic acids is 2. The molecule has 1 N–H and O–H groups in total. The number of hydrogen-bond acceptors (Lipinski definition) is 2. The molecule has 4 saturated carbocycles. The molecule has 0 radical (unpaired) electrons. The number of nitrogens with one attached hydrogen (secondary N) is 1. The van der Waals surface area contributed by atoms with Crippen LogP contribution in [0, 0.1) is 23.2 Å². The van der Waals surface area contributed by atoms with Crippen LogP contribution in [0.2, 0.25) is 0 Å². The molecule has 4 rings (SSSR count). The number of hydrogen-bond donors (Lipinski definition) is 1. The standard InChI is InChI=1S/C19H32N2O2/c1-3-4-5-21(2)18(23)13-20-17(22)12-19-9-14-6-15(10-19)8-16(7-14)11-19/h14-16H,3-13H2,1-2H3,(H,20,22). The first-order chi connectivity index (χ1) is 11.0. The second kappa shape index (κ2) is 6.82. The van der Waals surface area contributed by atoms with E-state index >= 15 is 0 Å². The Morgan fingerprint density at radius 1 is 1.09 bits per heavy atom. The highest BCUT2D eigenvalue weighted by Crippen LogP contribution is 2.61. The van der Waals surface area contributed by atoms with Crippen LogP contribution in [0.5, 0.6) is 0 Å². The van der Waals surface area contributed by atoms with E-state index in [2.05, 4.69) is 12.2 Å². The van der Waals surface area contributed by atoms with Crippen molar-refractivity contribution in [1.29, 1.82) is 0 Å². The van der Waals surface area contributed by atoms with E-state index in [-0.39, 0.29) is 23.8 Å². The molecule has 4 fully saturated rings. The number of unbranched alkanes of at least 4 members (excludes halogenated alkanes) is 1. The third-order valence-corrected chi connectivity index (χ3v) is 6.41. The molecule has 0 saturated heterocycles. The maximum atomic E-state index is 12.4. The lowest BCUT2D eigenvalue weighted by molar-refractivity contribution is -0.135. The second-order valence-corrected chi connectivity index (χ2v) is 8.54. The lowest BCUT2D eigenvalue weighted by atomic mass is 9.49. The summed E-state index contributed by atoms with van der Waals surface area (Å²) in [5.41, 5.74) is 0.260. The Labute approximate surface area is 140 Å². The van der Waals surface area contributed by atoms with Crippen molar-refractivity contribution in [3.05, 3.63) is 0 Å². The van der Waals surface area contributed by atoms with Gasteiger partial charge in [-0.05, 0) is 68.1 Å². The summed E-state index contributed by atoms with van der Waals surface area (Å²) in [6.07, 6.45) is 10.7. The monoisotopic (exact) mass is 320 g/mol. The zero-order valence-electron chi connectivity index (χ0n) is 14.8. The van der Waals surface area contributed by atoms with Crippen LogP contribution in [0.15, 0.2) is 0 Å². The van der Waals surface area contributed by atoms with Crippen molar-refractivity contribution in [3.63, 3.8) is 0 Å². The van der Waals surface area contributed by atoms with Crippen molar-refractivity contribution in [2.75, 3.05) is 20.1 Å². The first-order valence-corrected chi connectivity index (χ1v) is 9.50. The summed E-state index contributed by atoms with van der Waals surface area (Å²) in [6, 6.07) is 0. The van der Waals surface area contributed by atoms with Gasteiger partial charge < -0.3 is 10.2 Å². The quantitative estimate of drug-likeness (QED) is 0.784. The van der Waals surface area contributed by atoms with Crippen LogP contribution >= 0.6 is 0 Å². The summed E-state index contributed by atoms with van der Waals surface area (Å²) in [6.45, 7) is 3.05. The van der Waals surface area contributed by atoms with Crippen molar-refractivity contribution in [2.45, 2.75) is 64.7 Å². The average Bonchev–Trinajstić information content (AvgIpc) is 2.48. The van der Waals surface area contributed by atoms with E-state index in [1.807, 2.05) is 7.05 Å². The first kappa shape index (κ1) is 16.8. The largest absolute Gasteiger partial charge is 0.347 e. The van der Waals surface area contributed by atoms with Crippen molar-refractivity contribution in [3.8, 4) is 0 Å². The summed E-state index contributed by atoms with van der Waals surface area (Å²) >= 11 is 0. The van der Waals surface area contributed by atoms with Gasteiger partial charge in [0.1, 0.15) is 0 Å². The smallest absolute Gasteiger partial charge is 0.241 e. The van der Waals surface area contributed by atoms with Gasteiger partial charge in [0.05, 0.1) is 6.54 Å². The van der Waals surface area contributed by atoms with E-state index in [0.29, 0.717) is 6.42 Å². The fourth-order valence-corrected chi connectivity index (χ4v) is 5.74. The predicted octanol–water partition coefficient (Wildman–Crippen LogP) is 2.97. The number of amides is 2. The third-order valence-electron chi connectivity index (χ3n) is 6.41. The molecule has 4 aliphatic carbocycles. The van der Waals surface area contributed by atoms with Gasteiger partial charge in [-0.15, -0.1) is 0 Å². The maximum Gasteiger partial charge on any atom is 0.241 e. The Balaban J connectivity index is 1.45. The first-order valence-electron chi connectivity index (χ1n) is 9.50. The van der Waals surface area contributed by atoms with E-state index < -0.39 is 0 Å². The van der Waals surface area contributed by atoms with Crippen molar-refractivity contribution in [1.82, 2.24) is 10.2 Å². The Bertz CT molecular complexity index is 425. The van der Waals surface area contributed by atoms with Gasteiger partial charge in [-0.25, -0.2) is 0 Å². The molecule has 23 heavy (non-hydrogen) atoms. The highest BCUT2D eigenvalue weighted by Gasteiger charge is 2.51. The number of carbonyl (C=O) groups is 2. The lowest BCUT2D eigenvalue weighted by Crippen LogP contribution is -2.48. The average molecular weight is 320 g/mol. The molecule has 0 spiro atoms. The normalized spacial score (nSPS) is 34.4. The molecule has 4 nitrogen and oxygen atoms in total. The van der Waals surface area contributed by atoms with Crippen molar-refractivity contribution < 1.29 is 9.59 Å². The SMILES string of the molecule is CCCCN(C)C(=O)CNC(=O)CC12CC3CC(CC(C3)C1)C2. The van der Waals surface area contributed by atoms with E-state index in [4.69, 9.17) is 0 Å². The highest BCUT2D eigenvalue weighted by molar-refractivity contribution is 5.84. The Kier molecular flexibility index (Phi) is 4.98. The summed E-state index contributed by atoms with van der Waals surface area (Å²) < 4.78 is 0. The molecule has 4 bridgehead atoms. The number of rotatable bonds is 7. The third kappa shape index (κ3) is 3.89. The Hall–Kier alpha value is -1.06. The van der Waals surface area contributed by atoms with Crippen molar-refractivity contribution >= 4 is 11.8 Å². The van der Waals surface area contributed by atoms with Crippen LogP contribution < -0.4 is 5.32 Å². The van der Waals surface area contributed by atoms with E-state index in [0.717, 1.165) is 37.1 Å². The molecule has 0 heterocycles. The molecule has 0 unspecified atom stereocenters. The maximum absolute atomic E-state index is 12.4. The van der Waals surface area contributed by atoms with Gasteiger partial charge >= 0.3 is 0 Å². The zero-order valence-corrected chi connectivity index (χ0v) is 14.8. The fraction of sp³-hybridized carbons (Fsp3) is 0.895. The van der Waals surface area contributed by atoms with Crippen LogP contribution in [0.1, 0.15) is 64.7 Å². The van der Waals surface area contributed by atoms with Gasteiger partial charge in [-0.1, -0.05) is 13.3 Å². The fourth-order valence-electron chi connectivity index (χ4n) is 5.74. The van der Waals surface area contributed by atoms with Gasteiger partial charge in [0.15, 0.2) is 0 Å². The molecule has 0 aliphatic heterocycles. The number of likely N-dealkylation sites (N-methyl/N-ethyl adjacent to an activating group) is 1. The zero-order chi connectivity index (χ0) is 16.4. The minimum absolute atomic E-state index is 0.0253. The lowest BCUT2D eigenvalue weighted by Gasteiger charge is -2.56. The van der Waals surface area contributed by atoms with E-state index in [9.17, 15) is 9.59 Å². The van der Waals surface area contributed by atoms with Crippen LogP contribution in [0.25, 0.3) is 0 Å². The molecule has 0 atom stereocenters. The van der Waals surface area contributed by atoms with Gasteiger partial charge in [-0.3, -0.25) is 9.59 Å². The van der Waals surface area contributed by atoms with E-state index in [1.165, 1.54) is 38.5 Å². The van der Waals surface area contributed by atoms with Gasteiger partial charge in [0, 0.05) is 20.0 Å². The molecular formula is C19H32N2O2. The summed E-state index contributed by atoms with van der Waals surface area (Å²) in [7, 11) is 1.82. The van der Waals surface area contributed by atoms with Gasteiger partial charge in [-0.2, -0.15) is 0 Å².